The average Bonchev–Trinajstić information content (AvgIpc) is 3.59. The topological polar surface area (TPSA) is 139 Å². The summed E-state index contributed by atoms with van der Waals surface area (Å²) in [7, 11) is 0. The van der Waals surface area contributed by atoms with Gasteiger partial charge in [0.25, 0.3) is 5.91 Å². The van der Waals surface area contributed by atoms with Gasteiger partial charge in [0.05, 0.1) is 29.7 Å². The maximum Gasteiger partial charge on any atom is 0.420 e. The molecule has 0 atom stereocenters. The Balaban J connectivity index is 1.35. The summed E-state index contributed by atoms with van der Waals surface area (Å²) in [5.41, 5.74) is 4.47. The largest absolute Gasteiger partial charge is 0.508 e. The molecule has 0 bridgehead atoms. The first-order valence-electron chi connectivity index (χ1n) is 10.4. The molecule has 182 valence electrons. The number of rotatable bonds is 7. The van der Waals surface area contributed by atoms with Crippen LogP contribution in [0.5, 0.6) is 17.2 Å². The molecule has 4 rings (SSSR count). The number of amides is 2. The van der Waals surface area contributed by atoms with E-state index in [1.807, 2.05) is 0 Å². The van der Waals surface area contributed by atoms with Gasteiger partial charge in [-0.3, -0.25) is 19.6 Å². The van der Waals surface area contributed by atoms with Gasteiger partial charge in [-0.15, -0.1) is 0 Å². The molecule has 0 aliphatic heterocycles. The minimum atomic E-state index is -4.72. The molecule has 5 N–H and O–H groups in total. The Hall–Kier alpha value is -4.35. The highest BCUT2D eigenvalue weighted by Gasteiger charge is 2.51. The molecule has 1 aromatic carbocycles. The van der Waals surface area contributed by atoms with Crippen molar-refractivity contribution in [3.8, 4) is 17.2 Å². The molecule has 3 aromatic rings. The number of carbonyl (C=O) groups excluding carboxylic acids is 2. The number of nitrogens with one attached hydrogen (secondary N) is 2. The molecule has 0 unspecified atom stereocenters. The fourth-order valence-corrected chi connectivity index (χ4v) is 3.28. The van der Waals surface area contributed by atoms with Crippen LogP contribution in [0, 0.1) is 0 Å². The monoisotopic (exact) mass is 487 g/mol. The lowest BCUT2D eigenvalue weighted by molar-refractivity contribution is -0.138. The van der Waals surface area contributed by atoms with Crippen molar-refractivity contribution in [2.24, 2.45) is 0 Å². The van der Waals surface area contributed by atoms with Gasteiger partial charge < -0.3 is 26.2 Å². The van der Waals surface area contributed by atoms with Crippen LogP contribution in [0.4, 0.5) is 18.9 Å². The molecule has 1 aliphatic carbocycles. The van der Waals surface area contributed by atoms with E-state index < -0.39 is 34.7 Å². The van der Waals surface area contributed by atoms with Gasteiger partial charge in [0, 0.05) is 12.4 Å². The van der Waals surface area contributed by atoms with Crippen LogP contribution in [0.2, 0.25) is 0 Å². The number of aromatic hydroxyl groups is 1. The number of ether oxygens (including phenoxy) is 1. The Morgan fingerprint density at radius 1 is 1.11 bits per heavy atom. The number of alkyl halides is 3. The number of hydrogen-bond acceptors (Lipinski definition) is 7. The Morgan fingerprint density at radius 3 is 2.51 bits per heavy atom. The van der Waals surface area contributed by atoms with Gasteiger partial charge in [-0.05, 0) is 49.2 Å². The molecular formula is C23H20F3N5O4. The molecule has 0 radical (unpaired) electrons. The number of anilines is 1. The van der Waals surface area contributed by atoms with Crippen molar-refractivity contribution >= 4 is 17.5 Å². The molecule has 1 aliphatic rings. The minimum absolute atomic E-state index is 0.0313. The van der Waals surface area contributed by atoms with Crippen LogP contribution in [0.15, 0.2) is 55.0 Å². The van der Waals surface area contributed by atoms with E-state index in [4.69, 9.17) is 10.5 Å². The van der Waals surface area contributed by atoms with E-state index in [0.29, 0.717) is 30.3 Å². The maximum atomic E-state index is 13.2. The van der Waals surface area contributed by atoms with Crippen LogP contribution >= 0.6 is 0 Å². The van der Waals surface area contributed by atoms with Crippen LogP contribution in [0.1, 0.15) is 34.5 Å². The van der Waals surface area contributed by atoms with E-state index in [1.165, 1.54) is 36.8 Å². The van der Waals surface area contributed by atoms with Crippen molar-refractivity contribution in [1.82, 2.24) is 20.6 Å². The molecule has 0 saturated heterocycles. The number of nitrogen functional groups attached to an aromatic ring is 1. The highest BCUT2D eigenvalue weighted by molar-refractivity contribution is 6.00. The van der Waals surface area contributed by atoms with Gasteiger partial charge in [0.1, 0.15) is 28.4 Å². The number of carbonyl (C=O) groups is 2. The number of nitrogens with zero attached hydrogens (tertiary/aromatic N) is 2. The molecular weight excluding hydrogens is 467 g/mol. The van der Waals surface area contributed by atoms with E-state index in [9.17, 15) is 27.9 Å². The predicted octanol–water partition coefficient (Wildman–Crippen LogP) is 3.15. The number of nitrogens with two attached hydrogens (primary N) is 1. The third kappa shape index (κ3) is 5.60. The van der Waals surface area contributed by atoms with Gasteiger partial charge in [0.15, 0.2) is 0 Å². The molecule has 2 amide bonds. The van der Waals surface area contributed by atoms with Gasteiger partial charge in [0.2, 0.25) is 5.91 Å². The van der Waals surface area contributed by atoms with Crippen LogP contribution in [-0.4, -0.2) is 32.4 Å². The van der Waals surface area contributed by atoms with Crippen molar-refractivity contribution in [2.75, 3.05) is 5.73 Å². The van der Waals surface area contributed by atoms with Crippen molar-refractivity contribution in [3.05, 3.63) is 71.8 Å². The second kappa shape index (κ2) is 9.12. The van der Waals surface area contributed by atoms with Gasteiger partial charge >= 0.3 is 6.18 Å². The Bertz CT molecular complexity index is 1260. The summed E-state index contributed by atoms with van der Waals surface area (Å²) >= 11 is 0. The second-order valence-electron chi connectivity index (χ2n) is 7.99. The number of pyridine rings is 2. The highest BCUT2D eigenvalue weighted by atomic mass is 19.4. The number of hydrogen-bond donors (Lipinski definition) is 4. The fraction of sp³-hybridized carbons (Fsp3) is 0.217. The van der Waals surface area contributed by atoms with Gasteiger partial charge in [-0.25, -0.2) is 0 Å². The fourth-order valence-electron chi connectivity index (χ4n) is 3.28. The number of aromatic nitrogens is 2. The van der Waals surface area contributed by atoms with Crippen molar-refractivity contribution in [1.29, 1.82) is 0 Å². The Labute approximate surface area is 197 Å². The van der Waals surface area contributed by atoms with E-state index in [1.54, 1.807) is 0 Å². The molecule has 1 fully saturated rings. The maximum absolute atomic E-state index is 13.2. The average molecular weight is 487 g/mol. The summed E-state index contributed by atoms with van der Waals surface area (Å²) < 4.78 is 44.8. The summed E-state index contributed by atoms with van der Waals surface area (Å²) in [6, 6.07) is 7.01. The zero-order valence-corrected chi connectivity index (χ0v) is 18.1. The molecule has 12 heteroatoms. The summed E-state index contributed by atoms with van der Waals surface area (Å²) in [6.45, 7) is 0.0313. The first-order valence-corrected chi connectivity index (χ1v) is 10.4. The lowest BCUT2D eigenvalue weighted by Crippen LogP contribution is -2.48. The van der Waals surface area contributed by atoms with Crippen LogP contribution in [0.3, 0.4) is 0 Å². The zero-order valence-electron chi connectivity index (χ0n) is 18.1. The highest BCUT2D eigenvalue weighted by Crippen LogP contribution is 2.40. The summed E-state index contributed by atoms with van der Waals surface area (Å²) in [5, 5.41) is 14.8. The van der Waals surface area contributed by atoms with E-state index in [0.717, 1.165) is 12.1 Å². The predicted molar refractivity (Wildman–Crippen MR) is 117 cm³/mol. The number of phenols is 1. The lowest BCUT2D eigenvalue weighted by Gasteiger charge is -2.17. The molecule has 2 heterocycles. The van der Waals surface area contributed by atoms with Crippen LogP contribution < -0.4 is 21.1 Å². The summed E-state index contributed by atoms with van der Waals surface area (Å²) in [4.78, 5) is 33.0. The normalized spacial score (nSPS) is 14.1. The third-order valence-corrected chi connectivity index (χ3v) is 5.28. The van der Waals surface area contributed by atoms with E-state index in [2.05, 4.69) is 20.6 Å². The Morgan fingerprint density at radius 2 is 1.89 bits per heavy atom. The molecule has 0 spiro atoms. The SMILES string of the molecule is Nc1cncc(C(=O)NC2(C(=O)NCc3ccc(Oc4ccc(O)cc4C(F)(F)F)cn3)CC2)c1. The van der Waals surface area contributed by atoms with Crippen molar-refractivity contribution < 1.29 is 32.6 Å². The van der Waals surface area contributed by atoms with Crippen molar-refractivity contribution in [3.63, 3.8) is 0 Å². The van der Waals surface area contributed by atoms with E-state index >= 15 is 0 Å². The number of phenolic OH excluding ortho intramolecular Hbond substituents is 1. The summed E-state index contributed by atoms with van der Waals surface area (Å²) in [6.07, 6.45) is 0.186. The molecule has 1 saturated carbocycles. The molecule has 2 aromatic heterocycles. The second-order valence-corrected chi connectivity index (χ2v) is 7.99. The smallest absolute Gasteiger partial charge is 0.420 e. The first kappa shape index (κ1) is 23.8. The third-order valence-electron chi connectivity index (χ3n) is 5.28. The standard InChI is InChI=1S/C23H20F3N5O4/c24-23(25,26)18-8-16(32)2-4-19(18)35-17-3-1-15(29-12-17)11-30-21(34)22(5-6-22)31-20(33)13-7-14(27)10-28-9-13/h1-4,7-10,12,32H,5-6,11,27H2,(H,30,34)(H,31,33). The van der Waals surface area contributed by atoms with Gasteiger partial charge in [-0.2, -0.15) is 13.2 Å². The van der Waals surface area contributed by atoms with Crippen LogP contribution in [-0.2, 0) is 17.5 Å². The van der Waals surface area contributed by atoms with Crippen LogP contribution in [0.25, 0.3) is 0 Å². The van der Waals surface area contributed by atoms with Crippen molar-refractivity contribution in [2.45, 2.75) is 31.1 Å². The number of benzene rings is 1. The lowest BCUT2D eigenvalue weighted by atomic mass is 10.2. The number of halogens is 3. The Kier molecular flexibility index (Phi) is 6.20. The zero-order chi connectivity index (χ0) is 25.2. The van der Waals surface area contributed by atoms with Gasteiger partial charge in [-0.1, -0.05) is 0 Å². The molecule has 35 heavy (non-hydrogen) atoms. The van der Waals surface area contributed by atoms with E-state index in [-0.39, 0.29) is 23.8 Å². The first-order chi connectivity index (χ1) is 16.6. The quantitative estimate of drug-likeness (QED) is 0.401. The molecule has 9 nitrogen and oxygen atoms in total. The minimum Gasteiger partial charge on any atom is -0.508 e. The summed E-state index contributed by atoms with van der Waals surface area (Å²) in [5.74, 6) is -1.84.